The van der Waals surface area contributed by atoms with E-state index in [2.05, 4.69) is 5.32 Å². The lowest BCUT2D eigenvalue weighted by atomic mass is 10.1. The molecular formula is C20H23FN2O3. The number of hydrogen-bond acceptors (Lipinski definition) is 4. The van der Waals surface area contributed by atoms with Crippen LogP contribution in [0.15, 0.2) is 42.5 Å². The summed E-state index contributed by atoms with van der Waals surface area (Å²) in [6, 6.07) is 11.7. The second-order valence-electron chi connectivity index (χ2n) is 6.44. The van der Waals surface area contributed by atoms with E-state index < -0.39 is 6.10 Å². The first-order valence-corrected chi connectivity index (χ1v) is 8.69. The van der Waals surface area contributed by atoms with Crippen molar-refractivity contribution in [2.24, 2.45) is 5.73 Å². The van der Waals surface area contributed by atoms with E-state index in [1.54, 1.807) is 24.3 Å². The number of carbonyl (C=O) groups excluding carboxylic acids is 1. The number of amides is 1. The molecule has 1 aliphatic rings. The zero-order chi connectivity index (χ0) is 18.5. The average Bonchev–Trinajstić information content (AvgIpc) is 3.11. The second-order valence-corrected chi connectivity index (χ2v) is 6.44. The van der Waals surface area contributed by atoms with Gasteiger partial charge in [-0.15, -0.1) is 0 Å². The normalized spacial score (nSPS) is 19.3. The summed E-state index contributed by atoms with van der Waals surface area (Å²) in [6.07, 6.45) is 0.999. The van der Waals surface area contributed by atoms with Gasteiger partial charge in [-0.05, 0) is 61.2 Å². The standard InChI is InChI=1S/C20H23FN2O3/c1-13-9-16(25-12-14-3-2-4-15(21)10-14)5-7-18(13)23-20(24)19-8-6-17(11-22)26-19/h2-5,7,9-10,17,19H,6,8,11-12,22H2,1H3,(H,23,24)/t17-,19+/m1/s1. The maximum atomic E-state index is 13.2. The van der Waals surface area contributed by atoms with Crippen LogP contribution in [-0.4, -0.2) is 24.7 Å². The molecule has 1 amide bonds. The van der Waals surface area contributed by atoms with Crippen molar-refractivity contribution in [1.29, 1.82) is 0 Å². The van der Waals surface area contributed by atoms with E-state index in [1.807, 2.05) is 13.0 Å². The monoisotopic (exact) mass is 358 g/mol. The Balaban J connectivity index is 1.58. The third-order valence-electron chi connectivity index (χ3n) is 4.41. The highest BCUT2D eigenvalue weighted by Gasteiger charge is 2.30. The van der Waals surface area contributed by atoms with Gasteiger partial charge in [0, 0.05) is 12.2 Å². The molecule has 3 rings (SSSR count). The van der Waals surface area contributed by atoms with Gasteiger partial charge in [0.2, 0.25) is 0 Å². The van der Waals surface area contributed by atoms with Crippen LogP contribution in [0.5, 0.6) is 5.75 Å². The Kier molecular flexibility index (Phi) is 5.85. The molecule has 1 heterocycles. The lowest BCUT2D eigenvalue weighted by molar-refractivity contribution is -0.126. The maximum absolute atomic E-state index is 13.2. The van der Waals surface area contributed by atoms with Crippen LogP contribution in [0.2, 0.25) is 0 Å². The number of carbonyl (C=O) groups is 1. The number of benzene rings is 2. The van der Waals surface area contributed by atoms with Crippen molar-refractivity contribution in [1.82, 2.24) is 0 Å². The number of halogens is 1. The van der Waals surface area contributed by atoms with Crippen LogP contribution in [0.4, 0.5) is 10.1 Å². The van der Waals surface area contributed by atoms with Crippen LogP contribution in [0.1, 0.15) is 24.0 Å². The van der Waals surface area contributed by atoms with E-state index in [9.17, 15) is 9.18 Å². The predicted molar refractivity (Wildman–Crippen MR) is 97.5 cm³/mol. The summed E-state index contributed by atoms with van der Waals surface area (Å²) in [5.41, 5.74) is 7.93. The van der Waals surface area contributed by atoms with Gasteiger partial charge in [0.05, 0.1) is 6.10 Å². The largest absolute Gasteiger partial charge is 0.489 e. The van der Waals surface area contributed by atoms with Gasteiger partial charge in [0.15, 0.2) is 0 Å². The summed E-state index contributed by atoms with van der Waals surface area (Å²) < 4.78 is 24.5. The van der Waals surface area contributed by atoms with Crippen molar-refractivity contribution >= 4 is 11.6 Å². The number of nitrogens with two attached hydrogens (primary N) is 1. The molecule has 0 unspecified atom stereocenters. The Morgan fingerprint density at radius 1 is 1.31 bits per heavy atom. The summed E-state index contributed by atoms with van der Waals surface area (Å²) >= 11 is 0. The predicted octanol–water partition coefficient (Wildman–Crippen LogP) is 3.16. The zero-order valence-corrected chi connectivity index (χ0v) is 14.7. The molecule has 2 aromatic rings. The highest BCUT2D eigenvalue weighted by atomic mass is 19.1. The van der Waals surface area contributed by atoms with Gasteiger partial charge >= 0.3 is 0 Å². The van der Waals surface area contributed by atoms with Crippen LogP contribution in [-0.2, 0) is 16.1 Å². The number of nitrogens with one attached hydrogen (secondary N) is 1. The smallest absolute Gasteiger partial charge is 0.253 e. The molecule has 2 aromatic carbocycles. The first-order valence-electron chi connectivity index (χ1n) is 8.69. The number of ether oxygens (including phenoxy) is 2. The Morgan fingerprint density at radius 3 is 2.85 bits per heavy atom. The SMILES string of the molecule is Cc1cc(OCc2cccc(F)c2)ccc1NC(=O)[C@@H]1CC[C@H](CN)O1. The first-order chi connectivity index (χ1) is 12.5. The molecule has 3 N–H and O–H groups in total. The lowest BCUT2D eigenvalue weighted by Gasteiger charge is -2.15. The van der Waals surface area contributed by atoms with Crippen molar-refractivity contribution in [3.63, 3.8) is 0 Å². The highest BCUT2D eigenvalue weighted by Crippen LogP contribution is 2.25. The van der Waals surface area contributed by atoms with Gasteiger partial charge in [-0.1, -0.05) is 12.1 Å². The molecule has 0 spiro atoms. The molecular weight excluding hydrogens is 335 g/mol. The van der Waals surface area contributed by atoms with Crippen LogP contribution in [0.25, 0.3) is 0 Å². The maximum Gasteiger partial charge on any atom is 0.253 e. The molecule has 1 aliphatic heterocycles. The van der Waals surface area contributed by atoms with Crippen molar-refractivity contribution in [2.75, 3.05) is 11.9 Å². The van der Waals surface area contributed by atoms with Gasteiger partial charge in [0.25, 0.3) is 5.91 Å². The summed E-state index contributed by atoms with van der Waals surface area (Å²) in [7, 11) is 0. The fourth-order valence-corrected chi connectivity index (χ4v) is 2.94. The number of anilines is 1. The molecule has 5 nitrogen and oxygen atoms in total. The van der Waals surface area contributed by atoms with Crippen molar-refractivity contribution in [2.45, 2.75) is 38.6 Å². The average molecular weight is 358 g/mol. The van der Waals surface area contributed by atoms with E-state index in [-0.39, 0.29) is 24.4 Å². The topological polar surface area (TPSA) is 73.6 Å². The third kappa shape index (κ3) is 4.59. The summed E-state index contributed by atoms with van der Waals surface area (Å²) in [5.74, 6) is 0.217. The van der Waals surface area contributed by atoms with Gasteiger partial charge in [0.1, 0.15) is 24.3 Å². The molecule has 0 radical (unpaired) electrons. The molecule has 138 valence electrons. The van der Waals surface area contributed by atoms with E-state index in [0.29, 0.717) is 24.4 Å². The molecule has 26 heavy (non-hydrogen) atoms. The van der Waals surface area contributed by atoms with Crippen LogP contribution in [0.3, 0.4) is 0 Å². The highest BCUT2D eigenvalue weighted by molar-refractivity contribution is 5.95. The number of rotatable bonds is 6. The Hall–Kier alpha value is -2.44. The summed E-state index contributed by atoms with van der Waals surface area (Å²) in [5, 5.41) is 2.90. The van der Waals surface area contributed by atoms with Crippen molar-refractivity contribution in [3.05, 3.63) is 59.4 Å². The summed E-state index contributed by atoms with van der Waals surface area (Å²) in [6.45, 7) is 2.60. The van der Waals surface area contributed by atoms with Crippen LogP contribution < -0.4 is 15.8 Å². The fraction of sp³-hybridized carbons (Fsp3) is 0.350. The van der Waals surface area contributed by atoms with E-state index in [1.165, 1.54) is 12.1 Å². The number of aryl methyl sites for hydroxylation is 1. The minimum atomic E-state index is -0.452. The van der Waals surface area contributed by atoms with E-state index in [4.69, 9.17) is 15.2 Å². The third-order valence-corrected chi connectivity index (χ3v) is 4.41. The lowest BCUT2D eigenvalue weighted by Crippen LogP contribution is -2.30. The zero-order valence-electron chi connectivity index (χ0n) is 14.7. The van der Waals surface area contributed by atoms with Crippen molar-refractivity contribution < 1.29 is 18.7 Å². The number of hydrogen-bond donors (Lipinski definition) is 2. The van der Waals surface area contributed by atoms with Gasteiger partial charge < -0.3 is 20.5 Å². The van der Waals surface area contributed by atoms with Gasteiger partial charge in [-0.25, -0.2) is 4.39 Å². The van der Waals surface area contributed by atoms with Crippen LogP contribution in [0, 0.1) is 12.7 Å². The molecule has 6 heteroatoms. The second kappa shape index (κ2) is 8.29. The minimum Gasteiger partial charge on any atom is -0.489 e. The molecule has 0 aromatic heterocycles. The summed E-state index contributed by atoms with van der Waals surface area (Å²) in [4.78, 5) is 12.3. The fourth-order valence-electron chi connectivity index (χ4n) is 2.94. The quantitative estimate of drug-likeness (QED) is 0.832. The van der Waals surface area contributed by atoms with Crippen molar-refractivity contribution in [3.8, 4) is 5.75 Å². The van der Waals surface area contributed by atoms with Crippen LogP contribution >= 0.6 is 0 Å². The first kappa shape index (κ1) is 18.4. The molecule has 0 saturated carbocycles. The molecule has 0 aliphatic carbocycles. The van der Waals surface area contributed by atoms with E-state index >= 15 is 0 Å². The van der Waals surface area contributed by atoms with Gasteiger partial charge in [-0.3, -0.25) is 4.79 Å². The molecule has 1 saturated heterocycles. The Morgan fingerprint density at radius 2 is 2.15 bits per heavy atom. The Labute approximate surface area is 152 Å². The van der Waals surface area contributed by atoms with E-state index in [0.717, 1.165) is 17.5 Å². The molecule has 2 atom stereocenters. The minimum absolute atomic E-state index is 0.0366. The molecule has 1 fully saturated rings. The van der Waals surface area contributed by atoms with Gasteiger partial charge in [-0.2, -0.15) is 0 Å². The Bertz CT molecular complexity index is 781. The molecule has 0 bridgehead atoms.